The molecule has 0 aromatic heterocycles. The zero-order valence-electron chi connectivity index (χ0n) is 10.6. The van der Waals surface area contributed by atoms with Crippen LogP contribution in [0.2, 0.25) is 5.02 Å². The summed E-state index contributed by atoms with van der Waals surface area (Å²) in [4.78, 5) is 23.2. The Morgan fingerprint density at radius 2 is 2.05 bits per heavy atom. The highest BCUT2D eigenvalue weighted by Crippen LogP contribution is 2.24. The highest BCUT2D eigenvalue weighted by Gasteiger charge is 2.40. The summed E-state index contributed by atoms with van der Waals surface area (Å²) in [5, 5.41) is 9.99. The van der Waals surface area contributed by atoms with E-state index >= 15 is 0 Å². The van der Waals surface area contributed by atoms with Gasteiger partial charge in [0, 0.05) is 27.5 Å². The number of carboxylic acids is 1. The molecule has 0 saturated carbocycles. The Hall–Kier alpha value is -1.42. The molecule has 0 bridgehead atoms. The van der Waals surface area contributed by atoms with Gasteiger partial charge in [0.1, 0.15) is 5.92 Å². The van der Waals surface area contributed by atoms with Crippen molar-refractivity contribution in [2.75, 3.05) is 6.54 Å². The van der Waals surface area contributed by atoms with Gasteiger partial charge in [-0.15, -0.1) is 0 Å². The molecule has 1 heterocycles. The predicted molar refractivity (Wildman–Crippen MR) is 72.4 cm³/mol. The van der Waals surface area contributed by atoms with Crippen LogP contribution in [0.15, 0.2) is 24.3 Å². The number of hydrogen-bond donors (Lipinski definition) is 1. The molecule has 1 saturated heterocycles. The van der Waals surface area contributed by atoms with Crippen LogP contribution in [0.5, 0.6) is 0 Å². The average molecular weight is 283 g/mol. The van der Waals surface area contributed by atoms with Crippen LogP contribution in [0, 0.1) is 10.8 Å². The van der Waals surface area contributed by atoms with Gasteiger partial charge < -0.3 is 5.11 Å². The molecule has 1 unspecified atom stereocenters. The third kappa shape index (κ3) is 3.53. The van der Waals surface area contributed by atoms with Crippen LogP contribution in [-0.2, 0) is 11.2 Å². The summed E-state index contributed by atoms with van der Waals surface area (Å²) in [7, 11) is 0. The lowest BCUT2D eigenvalue weighted by molar-refractivity contribution is -0.601. The van der Waals surface area contributed by atoms with Gasteiger partial charge in [-0.25, -0.2) is 0 Å². The van der Waals surface area contributed by atoms with Crippen LogP contribution < -0.4 is 0 Å². The van der Waals surface area contributed by atoms with Crippen molar-refractivity contribution in [3.05, 3.63) is 39.8 Å². The summed E-state index contributed by atoms with van der Waals surface area (Å²) in [6, 6.07) is 6.70. The van der Waals surface area contributed by atoms with Gasteiger partial charge in [0.25, 0.3) is 0 Å². The number of halogens is 1. The maximum atomic E-state index is 11.8. The second kappa shape index (κ2) is 6.15. The first-order valence-electron chi connectivity index (χ1n) is 6.49. The Balaban J connectivity index is 2.13. The second-order valence-corrected chi connectivity index (χ2v) is 5.42. The van der Waals surface area contributed by atoms with E-state index in [1.54, 1.807) is 12.1 Å². The fourth-order valence-electron chi connectivity index (χ4n) is 2.60. The summed E-state index contributed by atoms with van der Waals surface area (Å²) in [5.41, 5.74) is 0.899. The quantitative estimate of drug-likeness (QED) is 0.864. The second-order valence-electron chi connectivity index (χ2n) is 4.98. The van der Waals surface area contributed by atoms with Gasteiger partial charge in [-0.2, -0.15) is 0 Å². The smallest absolute Gasteiger partial charge is 0.313 e. The van der Waals surface area contributed by atoms with Gasteiger partial charge in [-0.05, 0) is 30.5 Å². The molecule has 4 nitrogen and oxygen atoms in total. The average Bonchev–Trinajstić information content (AvgIpc) is 2.39. The number of rotatable bonds is 4. The molecule has 0 radical (unpaired) electrons. The first kappa shape index (κ1) is 14.0. The summed E-state index contributed by atoms with van der Waals surface area (Å²) in [6.07, 6.45) is 2.81. The van der Waals surface area contributed by atoms with E-state index < -0.39 is 17.9 Å². The van der Waals surface area contributed by atoms with Crippen molar-refractivity contribution in [3.63, 3.8) is 0 Å². The third-order valence-corrected chi connectivity index (χ3v) is 3.90. The van der Waals surface area contributed by atoms with Gasteiger partial charge in [0.2, 0.25) is 6.04 Å². The minimum absolute atomic E-state index is 0.371. The number of hydrogen-bond acceptors (Lipinski definition) is 2. The fourth-order valence-corrected chi connectivity index (χ4v) is 2.72. The van der Waals surface area contributed by atoms with Gasteiger partial charge in [0.15, 0.2) is 6.54 Å². The highest BCUT2D eigenvalue weighted by molar-refractivity contribution is 6.30. The summed E-state index contributed by atoms with van der Waals surface area (Å²) in [6.45, 7) is 0.440. The molecule has 1 aromatic rings. The first-order valence-corrected chi connectivity index (χ1v) is 6.87. The lowest BCUT2D eigenvalue weighted by Crippen LogP contribution is -2.41. The topological polar surface area (TPSA) is 57.4 Å². The molecule has 2 rings (SSSR count). The van der Waals surface area contributed by atoms with Crippen LogP contribution in [0.4, 0.5) is 0 Å². The van der Waals surface area contributed by atoms with Crippen molar-refractivity contribution in [3.8, 4) is 0 Å². The van der Waals surface area contributed by atoms with E-state index in [4.69, 9.17) is 11.6 Å². The van der Waals surface area contributed by atoms with Crippen LogP contribution in [0.25, 0.3) is 0 Å². The summed E-state index contributed by atoms with van der Waals surface area (Å²) < 4.78 is 0.943. The first-order chi connectivity index (χ1) is 9.08. The zero-order valence-corrected chi connectivity index (χ0v) is 11.3. The molecule has 0 amide bonds. The van der Waals surface area contributed by atoms with Gasteiger partial charge in [-0.1, -0.05) is 23.7 Å². The predicted octanol–water partition coefficient (Wildman–Crippen LogP) is 2.91. The van der Waals surface area contributed by atoms with Crippen LogP contribution in [-0.4, -0.2) is 28.4 Å². The van der Waals surface area contributed by atoms with Crippen LogP contribution in [0.3, 0.4) is 0 Å². The molecule has 5 heteroatoms. The summed E-state index contributed by atoms with van der Waals surface area (Å²) >= 11 is 5.81. The van der Waals surface area contributed by atoms with Gasteiger partial charge >= 0.3 is 5.97 Å². The van der Waals surface area contributed by atoms with Crippen molar-refractivity contribution < 1.29 is 14.7 Å². The van der Waals surface area contributed by atoms with Crippen LogP contribution in [0.1, 0.15) is 24.8 Å². The van der Waals surface area contributed by atoms with Crippen LogP contribution >= 0.6 is 11.6 Å². The lowest BCUT2D eigenvalue weighted by Gasteiger charge is -2.20. The SMILES string of the molecule is O=C(O)[C@H](Cc1ccc(Cl)cc1)C1CCCC[N+]1=O. The number of piperidine rings is 1. The van der Waals surface area contributed by atoms with Crippen molar-refractivity contribution in [1.29, 1.82) is 0 Å². The maximum Gasteiger partial charge on any atom is 0.313 e. The Kier molecular flexibility index (Phi) is 4.53. The number of aliphatic carboxylic acids is 1. The molecule has 19 heavy (non-hydrogen) atoms. The zero-order chi connectivity index (χ0) is 13.8. The van der Waals surface area contributed by atoms with E-state index in [2.05, 4.69) is 0 Å². The number of nitrogens with zero attached hydrogens (tertiary/aromatic N) is 1. The molecule has 1 aliphatic heterocycles. The fraction of sp³-hybridized carbons (Fsp3) is 0.500. The largest absolute Gasteiger partial charge is 0.481 e. The number of nitroso groups, excluding NO2 is 1. The van der Waals surface area contributed by atoms with E-state index in [1.165, 1.54) is 0 Å². The van der Waals surface area contributed by atoms with E-state index in [1.807, 2.05) is 12.1 Å². The number of benzene rings is 1. The maximum absolute atomic E-state index is 11.8. The van der Waals surface area contributed by atoms with Gasteiger partial charge in [-0.3, -0.25) is 4.79 Å². The lowest BCUT2D eigenvalue weighted by atomic mass is 9.87. The Morgan fingerprint density at radius 1 is 1.37 bits per heavy atom. The van der Waals surface area contributed by atoms with E-state index in [0.29, 0.717) is 24.4 Å². The molecule has 102 valence electrons. The minimum Gasteiger partial charge on any atom is -0.481 e. The van der Waals surface area contributed by atoms with E-state index in [-0.39, 0.29) is 0 Å². The Labute approximate surface area is 117 Å². The van der Waals surface area contributed by atoms with Crippen molar-refractivity contribution >= 4 is 17.6 Å². The molecule has 2 atom stereocenters. The standard InChI is InChI=1S/C14H16ClNO3/c15-11-6-4-10(5-7-11)9-12(14(17)18)13-3-1-2-8-16(13)19/h4-7,12-13H,1-3,8-9H2/p+1/t12-,13?/m1/s1. The molecule has 1 aliphatic rings. The molecular formula is C14H17ClNO3+. The van der Waals surface area contributed by atoms with E-state index in [0.717, 1.165) is 23.2 Å². The molecule has 0 spiro atoms. The van der Waals surface area contributed by atoms with Crippen molar-refractivity contribution in [1.82, 2.24) is 0 Å². The molecular weight excluding hydrogens is 266 g/mol. The Bertz CT molecular complexity index is 472. The van der Waals surface area contributed by atoms with Crippen molar-refractivity contribution in [2.45, 2.75) is 31.7 Å². The molecule has 1 aromatic carbocycles. The number of carboxylic acid groups (broad SMARTS) is 1. The summed E-state index contributed by atoms with van der Waals surface area (Å²) in [5.74, 6) is -1.55. The van der Waals surface area contributed by atoms with Crippen molar-refractivity contribution in [2.24, 2.45) is 5.92 Å². The third-order valence-electron chi connectivity index (χ3n) is 3.65. The van der Waals surface area contributed by atoms with Gasteiger partial charge in [0.05, 0.1) is 0 Å². The minimum atomic E-state index is -0.900. The number of carbonyl (C=O) groups is 1. The monoisotopic (exact) mass is 282 g/mol. The highest BCUT2D eigenvalue weighted by atomic mass is 35.5. The molecule has 1 fully saturated rings. The normalized spacial score (nSPS) is 21.1. The molecule has 0 aliphatic carbocycles. The molecule has 1 N–H and O–H groups in total. The Morgan fingerprint density at radius 3 is 2.63 bits per heavy atom. The van der Waals surface area contributed by atoms with E-state index in [9.17, 15) is 14.8 Å².